The van der Waals surface area contributed by atoms with Gasteiger partial charge in [0.1, 0.15) is 0 Å². The molecule has 1 aliphatic heterocycles. The molecule has 1 aromatic carbocycles. The monoisotopic (exact) mass is 225 g/mol. The van der Waals surface area contributed by atoms with E-state index in [2.05, 4.69) is 0 Å². The fourth-order valence-electron chi connectivity index (χ4n) is 2.13. The first-order chi connectivity index (χ1) is 7.08. The van der Waals surface area contributed by atoms with Gasteiger partial charge in [-0.3, -0.25) is 0 Å². The molecule has 3 nitrogen and oxygen atoms in total. The number of benzene rings is 1. The summed E-state index contributed by atoms with van der Waals surface area (Å²) in [6.07, 6.45) is 0.646. The summed E-state index contributed by atoms with van der Waals surface area (Å²) in [7, 11) is -2.90. The first-order valence-corrected chi connectivity index (χ1v) is 6.91. The smallest absolute Gasteiger partial charge is 0.151 e. The Morgan fingerprint density at radius 3 is 2.47 bits per heavy atom. The van der Waals surface area contributed by atoms with E-state index < -0.39 is 9.84 Å². The van der Waals surface area contributed by atoms with Crippen LogP contribution in [0.2, 0.25) is 0 Å². The third-order valence-electron chi connectivity index (χ3n) is 2.93. The van der Waals surface area contributed by atoms with E-state index in [1.165, 1.54) is 0 Å². The van der Waals surface area contributed by atoms with Gasteiger partial charge in [0.25, 0.3) is 0 Å². The van der Waals surface area contributed by atoms with Gasteiger partial charge >= 0.3 is 0 Å². The number of rotatable bonds is 1. The van der Waals surface area contributed by atoms with E-state index in [0.717, 1.165) is 5.56 Å². The van der Waals surface area contributed by atoms with Crippen molar-refractivity contribution in [3.05, 3.63) is 35.9 Å². The molecule has 0 aromatic heterocycles. The van der Waals surface area contributed by atoms with Crippen molar-refractivity contribution in [3.8, 4) is 0 Å². The molecule has 2 unspecified atom stereocenters. The molecule has 0 aliphatic carbocycles. The lowest BCUT2D eigenvalue weighted by Gasteiger charge is -2.28. The predicted molar refractivity (Wildman–Crippen MR) is 60.4 cm³/mol. The lowest BCUT2D eigenvalue weighted by atomic mass is 9.90. The Kier molecular flexibility index (Phi) is 2.80. The molecular weight excluding hydrogens is 210 g/mol. The van der Waals surface area contributed by atoms with Crippen molar-refractivity contribution in [2.75, 3.05) is 11.5 Å². The summed E-state index contributed by atoms with van der Waals surface area (Å²) in [4.78, 5) is 0. The van der Waals surface area contributed by atoms with Crippen molar-refractivity contribution in [1.29, 1.82) is 0 Å². The first-order valence-electron chi connectivity index (χ1n) is 5.09. The molecule has 2 atom stereocenters. The van der Waals surface area contributed by atoms with Gasteiger partial charge in [-0.2, -0.15) is 0 Å². The maximum absolute atomic E-state index is 11.4. The van der Waals surface area contributed by atoms with Crippen LogP contribution in [0.15, 0.2) is 30.3 Å². The fourth-order valence-corrected chi connectivity index (χ4v) is 3.73. The zero-order valence-electron chi connectivity index (χ0n) is 8.46. The Bertz CT molecular complexity index is 427. The van der Waals surface area contributed by atoms with Crippen molar-refractivity contribution < 1.29 is 8.42 Å². The average Bonchev–Trinajstić information content (AvgIpc) is 2.17. The summed E-state index contributed by atoms with van der Waals surface area (Å²) in [5, 5.41) is 0. The summed E-state index contributed by atoms with van der Waals surface area (Å²) in [6.45, 7) is 0. The SMILES string of the molecule is NC1CS(=O)(=O)CCC1c1ccccc1. The van der Waals surface area contributed by atoms with E-state index in [4.69, 9.17) is 5.73 Å². The molecule has 1 heterocycles. The van der Waals surface area contributed by atoms with Crippen molar-refractivity contribution in [3.63, 3.8) is 0 Å². The Morgan fingerprint density at radius 1 is 1.20 bits per heavy atom. The normalized spacial score (nSPS) is 29.9. The summed E-state index contributed by atoms with van der Waals surface area (Å²) in [5.74, 6) is 0.571. The van der Waals surface area contributed by atoms with Crippen LogP contribution < -0.4 is 5.73 Å². The number of nitrogens with two attached hydrogens (primary N) is 1. The van der Waals surface area contributed by atoms with Crippen molar-refractivity contribution in [2.45, 2.75) is 18.4 Å². The molecule has 15 heavy (non-hydrogen) atoms. The van der Waals surface area contributed by atoms with E-state index in [9.17, 15) is 8.42 Å². The standard InChI is InChI=1S/C11H15NO2S/c12-11-8-15(13,14)7-6-10(11)9-4-2-1-3-5-9/h1-5,10-11H,6-8,12H2. The summed E-state index contributed by atoms with van der Waals surface area (Å²) in [6, 6.07) is 9.65. The molecule has 1 aromatic rings. The largest absolute Gasteiger partial charge is 0.326 e. The van der Waals surface area contributed by atoms with Crippen LogP contribution in [0.5, 0.6) is 0 Å². The quantitative estimate of drug-likeness (QED) is 0.773. The first kappa shape index (κ1) is 10.6. The number of hydrogen-bond acceptors (Lipinski definition) is 3. The molecule has 1 aliphatic rings. The molecule has 2 N–H and O–H groups in total. The van der Waals surface area contributed by atoms with Crippen LogP contribution in [0.4, 0.5) is 0 Å². The molecule has 0 amide bonds. The second-order valence-corrected chi connectivity index (χ2v) is 6.31. The molecule has 0 spiro atoms. The Labute approximate surface area is 90.2 Å². The highest BCUT2D eigenvalue weighted by atomic mass is 32.2. The maximum Gasteiger partial charge on any atom is 0.151 e. The summed E-state index contributed by atoms with van der Waals surface area (Å²) < 4.78 is 22.7. The number of sulfone groups is 1. The molecule has 1 saturated heterocycles. The molecule has 4 heteroatoms. The zero-order valence-corrected chi connectivity index (χ0v) is 9.28. The van der Waals surface area contributed by atoms with Crippen LogP contribution in [-0.4, -0.2) is 26.0 Å². The Morgan fingerprint density at radius 2 is 1.87 bits per heavy atom. The average molecular weight is 225 g/mol. The third-order valence-corrected chi connectivity index (χ3v) is 4.68. The van der Waals surface area contributed by atoms with E-state index in [1.54, 1.807) is 0 Å². The van der Waals surface area contributed by atoms with Crippen molar-refractivity contribution in [1.82, 2.24) is 0 Å². The van der Waals surface area contributed by atoms with Gasteiger partial charge in [-0.1, -0.05) is 30.3 Å². The fraction of sp³-hybridized carbons (Fsp3) is 0.455. The van der Waals surface area contributed by atoms with Gasteiger partial charge in [0, 0.05) is 12.0 Å². The summed E-state index contributed by atoms with van der Waals surface area (Å²) in [5.41, 5.74) is 7.06. The van der Waals surface area contributed by atoms with E-state index in [-0.39, 0.29) is 23.5 Å². The van der Waals surface area contributed by atoms with Crippen LogP contribution in [0.1, 0.15) is 17.9 Å². The zero-order chi connectivity index (χ0) is 10.9. The van der Waals surface area contributed by atoms with Gasteiger partial charge in [-0.25, -0.2) is 8.42 Å². The highest BCUT2D eigenvalue weighted by molar-refractivity contribution is 7.91. The molecule has 2 rings (SSSR count). The minimum absolute atomic E-state index is 0.118. The van der Waals surface area contributed by atoms with Crippen LogP contribution in [0.25, 0.3) is 0 Å². The van der Waals surface area contributed by atoms with Gasteiger partial charge in [0.05, 0.1) is 11.5 Å². The molecule has 0 radical (unpaired) electrons. The molecule has 0 bridgehead atoms. The second kappa shape index (κ2) is 3.94. The van der Waals surface area contributed by atoms with Gasteiger partial charge in [0.2, 0.25) is 0 Å². The maximum atomic E-state index is 11.4. The van der Waals surface area contributed by atoms with Crippen LogP contribution >= 0.6 is 0 Å². The highest BCUT2D eigenvalue weighted by Crippen LogP contribution is 2.27. The molecule has 82 valence electrons. The lowest BCUT2D eigenvalue weighted by molar-refractivity contribution is 0.505. The van der Waals surface area contributed by atoms with Crippen LogP contribution in [0, 0.1) is 0 Å². The summed E-state index contributed by atoms with van der Waals surface area (Å²) >= 11 is 0. The van der Waals surface area contributed by atoms with E-state index in [0.29, 0.717) is 6.42 Å². The van der Waals surface area contributed by atoms with Gasteiger partial charge in [0.15, 0.2) is 9.84 Å². The third kappa shape index (κ3) is 2.38. The van der Waals surface area contributed by atoms with Gasteiger partial charge in [-0.05, 0) is 12.0 Å². The van der Waals surface area contributed by atoms with Gasteiger partial charge < -0.3 is 5.73 Å². The topological polar surface area (TPSA) is 60.2 Å². The van der Waals surface area contributed by atoms with Crippen molar-refractivity contribution >= 4 is 9.84 Å². The predicted octanol–water partition coefficient (Wildman–Crippen LogP) is 0.916. The highest BCUT2D eigenvalue weighted by Gasteiger charge is 2.31. The Hall–Kier alpha value is -0.870. The van der Waals surface area contributed by atoms with Crippen LogP contribution in [-0.2, 0) is 9.84 Å². The van der Waals surface area contributed by atoms with Crippen LogP contribution in [0.3, 0.4) is 0 Å². The second-order valence-electron chi connectivity index (χ2n) is 4.08. The minimum Gasteiger partial charge on any atom is -0.326 e. The van der Waals surface area contributed by atoms with E-state index in [1.807, 2.05) is 30.3 Å². The molecule has 0 saturated carbocycles. The van der Waals surface area contributed by atoms with Gasteiger partial charge in [-0.15, -0.1) is 0 Å². The molecular formula is C11H15NO2S. The lowest BCUT2D eigenvalue weighted by Crippen LogP contribution is -2.41. The van der Waals surface area contributed by atoms with Crippen molar-refractivity contribution in [2.24, 2.45) is 5.73 Å². The number of hydrogen-bond donors (Lipinski definition) is 1. The minimum atomic E-state index is -2.90. The Balaban J connectivity index is 2.20. The van der Waals surface area contributed by atoms with E-state index >= 15 is 0 Å². The molecule has 1 fully saturated rings.